The van der Waals surface area contributed by atoms with Gasteiger partial charge in [-0.15, -0.1) is 0 Å². The van der Waals surface area contributed by atoms with Crippen molar-refractivity contribution >= 4 is 39.1 Å². The first-order chi connectivity index (χ1) is 15.8. The number of nitrogens with zero attached hydrogens (tertiary/aromatic N) is 2. The van der Waals surface area contributed by atoms with E-state index in [9.17, 15) is 18.0 Å². The molecule has 1 aliphatic rings. The summed E-state index contributed by atoms with van der Waals surface area (Å²) < 4.78 is 27.1. The summed E-state index contributed by atoms with van der Waals surface area (Å²) >= 11 is 6.18. The van der Waals surface area contributed by atoms with Gasteiger partial charge < -0.3 is 10.2 Å². The van der Waals surface area contributed by atoms with Crippen LogP contribution in [-0.2, 0) is 26.0 Å². The summed E-state index contributed by atoms with van der Waals surface area (Å²) in [6.45, 7) is 5.13. The molecule has 0 aliphatic carbocycles. The van der Waals surface area contributed by atoms with E-state index in [4.69, 9.17) is 11.6 Å². The van der Waals surface area contributed by atoms with Crippen LogP contribution in [0.2, 0.25) is 5.02 Å². The number of carbonyl (C=O) groups is 2. The van der Waals surface area contributed by atoms with E-state index >= 15 is 0 Å². The average molecular weight is 492 g/mol. The standard InChI is InChI=1S/C24H30ClN3O4S/c1-3-28(4-2)33(31,32)22-16-20(12-13-21(22)25)26-24(30)19-11-8-14-27(17-19)23(29)15-18-9-6-5-7-10-18/h5-7,9-10,12-13,16,19H,3-4,8,11,14-15,17H2,1-2H3,(H,26,30). The third-order valence-corrected chi connectivity index (χ3v) is 8.40. The second-order valence-corrected chi connectivity index (χ2v) is 10.4. The summed E-state index contributed by atoms with van der Waals surface area (Å²) in [5.41, 5.74) is 1.31. The van der Waals surface area contributed by atoms with Gasteiger partial charge in [0, 0.05) is 31.9 Å². The van der Waals surface area contributed by atoms with Gasteiger partial charge in [0.05, 0.1) is 17.4 Å². The van der Waals surface area contributed by atoms with E-state index < -0.39 is 10.0 Å². The van der Waals surface area contributed by atoms with Gasteiger partial charge >= 0.3 is 0 Å². The zero-order valence-electron chi connectivity index (χ0n) is 19.0. The molecule has 7 nitrogen and oxygen atoms in total. The molecule has 2 aromatic carbocycles. The van der Waals surface area contributed by atoms with Crippen molar-refractivity contribution in [2.24, 2.45) is 5.92 Å². The summed E-state index contributed by atoms with van der Waals surface area (Å²) in [5, 5.41) is 2.92. The first-order valence-corrected chi connectivity index (χ1v) is 13.0. The molecule has 33 heavy (non-hydrogen) atoms. The highest BCUT2D eigenvalue weighted by Gasteiger charge is 2.29. The van der Waals surface area contributed by atoms with E-state index in [2.05, 4.69) is 5.32 Å². The predicted octanol–water partition coefficient (Wildman–Crippen LogP) is 3.79. The fourth-order valence-corrected chi connectivity index (χ4v) is 5.98. The van der Waals surface area contributed by atoms with E-state index in [0.717, 1.165) is 12.0 Å². The van der Waals surface area contributed by atoms with Gasteiger partial charge in [0.25, 0.3) is 0 Å². The van der Waals surface area contributed by atoms with Crippen molar-refractivity contribution in [3.8, 4) is 0 Å². The molecular formula is C24H30ClN3O4S. The zero-order chi connectivity index (χ0) is 24.0. The summed E-state index contributed by atoms with van der Waals surface area (Å²) in [7, 11) is -3.77. The molecule has 1 unspecified atom stereocenters. The van der Waals surface area contributed by atoms with E-state index in [-0.39, 0.29) is 27.7 Å². The Kier molecular flexibility index (Phi) is 8.51. The molecule has 1 atom stereocenters. The maximum absolute atomic E-state index is 12.9. The van der Waals surface area contributed by atoms with Crippen molar-refractivity contribution in [1.82, 2.24) is 9.21 Å². The number of anilines is 1. The number of hydrogen-bond acceptors (Lipinski definition) is 4. The molecular weight excluding hydrogens is 462 g/mol. The minimum Gasteiger partial charge on any atom is -0.342 e. The molecule has 1 fully saturated rings. The van der Waals surface area contributed by atoms with Crippen molar-refractivity contribution in [3.63, 3.8) is 0 Å². The van der Waals surface area contributed by atoms with Crippen LogP contribution in [0, 0.1) is 5.92 Å². The molecule has 1 aliphatic heterocycles. The molecule has 2 aromatic rings. The Balaban J connectivity index is 1.69. The molecule has 0 aromatic heterocycles. The topological polar surface area (TPSA) is 86.8 Å². The number of sulfonamides is 1. The maximum Gasteiger partial charge on any atom is 0.244 e. The number of nitrogens with one attached hydrogen (secondary N) is 1. The van der Waals surface area contributed by atoms with Gasteiger partial charge in [-0.2, -0.15) is 4.31 Å². The molecule has 178 valence electrons. The monoisotopic (exact) mass is 491 g/mol. The molecule has 3 rings (SSSR count). The summed E-state index contributed by atoms with van der Waals surface area (Å²) in [6.07, 6.45) is 1.71. The number of rotatable bonds is 8. The number of piperidine rings is 1. The maximum atomic E-state index is 12.9. The first-order valence-electron chi connectivity index (χ1n) is 11.2. The van der Waals surface area contributed by atoms with E-state index in [0.29, 0.717) is 44.7 Å². The Bertz CT molecular complexity index is 1090. The molecule has 0 saturated carbocycles. The van der Waals surface area contributed by atoms with Crippen molar-refractivity contribution in [2.45, 2.75) is 38.0 Å². The SMILES string of the molecule is CCN(CC)S(=O)(=O)c1cc(NC(=O)C2CCCN(C(=O)Cc3ccccc3)C2)ccc1Cl. The second-order valence-electron chi connectivity index (χ2n) is 8.07. The lowest BCUT2D eigenvalue weighted by atomic mass is 9.96. The van der Waals surface area contributed by atoms with Crippen molar-refractivity contribution in [3.05, 3.63) is 59.1 Å². The lowest BCUT2D eigenvalue weighted by Gasteiger charge is -2.32. The van der Waals surface area contributed by atoms with Crippen LogP contribution in [0.25, 0.3) is 0 Å². The zero-order valence-corrected chi connectivity index (χ0v) is 20.5. The third kappa shape index (κ3) is 6.13. The normalized spacial score (nSPS) is 16.6. The fraction of sp³-hybridized carbons (Fsp3) is 0.417. The van der Waals surface area contributed by atoms with Crippen LogP contribution >= 0.6 is 11.6 Å². The van der Waals surface area contributed by atoms with Crippen LogP contribution in [-0.4, -0.2) is 55.6 Å². The molecule has 1 saturated heterocycles. The molecule has 0 radical (unpaired) electrons. The Morgan fingerprint density at radius 1 is 1.12 bits per heavy atom. The quantitative estimate of drug-likeness (QED) is 0.608. The molecule has 0 bridgehead atoms. The largest absolute Gasteiger partial charge is 0.342 e. The van der Waals surface area contributed by atoms with Gasteiger partial charge in [-0.3, -0.25) is 9.59 Å². The van der Waals surface area contributed by atoms with Gasteiger partial charge in [-0.25, -0.2) is 8.42 Å². The van der Waals surface area contributed by atoms with Gasteiger partial charge in [-0.05, 0) is 36.6 Å². The number of halogens is 1. The highest BCUT2D eigenvalue weighted by atomic mass is 35.5. The summed E-state index contributed by atoms with van der Waals surface area (Å²) in [4.78, 5) is 27.4. The van der Waals surface area contributed by atoms with Crippen molar-refractivity contribution < 1.29 is 18.0 Å². The Labute approximate surface area is 200 Å². The van der Waals surface area contributed by atoms with E-state index in [1.165, 1.54) is 16.4 Å². The van der Waals surface area contributed by atoms with E-state index in [1.54, 1.807) is 24.8 Å². The average Bonchev–Trinajstić information content (AvgIpc) is 2.81. The number of likely N-dealkylation sites (tertiary alicyclic amines) is 1. The Hall–Kier alpha value is -2.42. The number of benzene rings is 2. The smallest absolute Gasteiger partial charge is 0.244 e. The first kappa shape index (κ1) is 25.2. The number of hydrogen-bond donors (Lipinski definition) is 1. The summed E-state index contributed by atoms with van der Waals surface area (Å²) in [5.74, 6) is -0.601. The third-order valence-electron chi connectivity index (χ3n) is 5.87. The van der Waals surface area contributed by atoms with Crippen LogP contribution in [0.1, 0.15) is 32.3 Å². The minimum absolute atomic E-state index is 0.00204. The lowest BCUT2D eigenvalue weighted by molar-refractivity contribution is -0.133. The van der Waals surface area contributed by atoms with Crippen LogP contribution in [0.5, 0.6) is 0 Å². The molecule has 0 spiro atoms. The van der Waals surface area contributed by atoms with Gasteiger partial charge in [0.2, 0.25) is 21.8 Å². The number of carbonyl (C=O) groups excluding carboxylic acids is 2. The summed E-state index contributed by atoms with van der Waals surface area (Å²) in [6, 6.07) is 14.0. The van der Waals surface area contributed by atoms with Crippen LogP contribution in [0.3, 0.4) is 0 Å². The van der Waals surface area contributed by atoms with Crippen molar-refractivity contribution in [1.29, 1.82) is 0 Å². The van der Waals surface area contributed by atoms with E-state index in [1.807, 2.05) is 30.3 Å². The molecule has 9 heteroatoms. The van der Waals surface area contributed by atoms with Crippen LogP contribution in [0.15, 0.2) is 53.4 Å². The molecule has 1 heterocycles. The highest BCUT2D eigenvalue weighted by molar-refractivity contribution is 7.89. The molecule has 1 N–H and O–H groups in total. The molecule has 2 amide bonds. The number of amides is 2. The minimum atomic E-state index is -3.77. The Morgan fingerprint density at radius 2 is 1.82 bits per heavy atom. The van der Waals surface area contributed by atoms with Gasteiger partial charge in [0.15, 0.2) is 0 Å². The van der Waals surface area contributed by atoms with Crippen molar-refractivity contribution in [2.75, 3.05) is 31.5 Å². The van der Waals surface area contributed by atoms with Gasteiger partial charge in [-0.1, -0.05) is 55.8 Å². The lowest BCUT2D eigenvalue weighted by Crippen LogP contribution is -2.44. The van der Waals surface area contributed by atoms with Gasteiger partial charge in [0.1, 0.15) is 4.90 Å². The second kappa shape index (κ2) is 11.1. The fourth-order valence-electron chi connectivity index (χ4n) is 4.03. The van der Waals surface area contributed by atoms with Crippen LogP contribution < -0.4 is 5.32 Å². The van der Waals surface area contributed by atoms with Crippen LogP contribution in [0.4, 0.5) is 5.69 Å². The Morgan fingerprint density at radius 3 is 2.48 bits per heavy atom. The highest BCUT2D eigenvalue weighted by Crippen LogP contribution is 2.28. The predicted molar refractivity (Wildman–Crippen MR) is 130 cm³/mol.